The molecule has 0 radical (unpaired) electrons. The Balaban J connectivity index is 2.24. The molecule has 2 rings (SSSR count). The topological polar surface area (TPSA) is 0 Å². The Labute approximate surface area is 113 Å². The molecule has 2 atom stereocenters. The molecule has 100 valence electrons. The van der Waals surface area contributed by atoms with Gasteiger partial charge in [-0.25, -0.2) is 0 Å². The van der Waals surface area contributed by atoms with E-state index in [0.717, 1.165) is 11.8 Å². The van der Waals surface area contributed by atoms with Crippen LogP contribution in [0.4, 0.5) is 0 Å². The molecule has 2 unspecified atom stereocenters. The number of benzene rings is 1. The van der Waals surface area contributed by atoms with Crippen molar-refractivity contribution in [3.63, 3.8) is 0 Å². The second-order valence-electron chi connectivity index (χ2n) is 6.25. The van der Waals surface area contributed by atoms with E-state index in [9.17, 15) is 0 Å². The zero-order valence-electron chi connectivity index (χ0n) is 12.6. The summed E-state index contributed by atoms with van der Waals surface area (Å²) in [4.78, 5) is 0. The fourth-order valence-corrected chi connectivity index (χ4v) is 3.45. The molecule has 0 amide bonds. The summed E-state index contributed by atoms with van der Waals surface area (Å²) in [5, 5.41) is 0. The Morgan fingerprint density at radius 1 is 1.22 bits per heavy atom. The van der Waals surface area contributed by atoms with Gasteiger partial charge in [0, 0.05) is 0 Å². The van der Waals surface area contributed by atoms with Crippen LogP contribution in [0, 0.1) is 19.8 Å². The molecule has 0 spiro atoms. The van der Waals surface area contributed by atoms with Crippen LogP contribution < -0.4 is 0 Å². The summed E-state index contributed by atoms with van der Waals surface area (Å²) in [6, 6.07) is 4.93. The highest BCUT2D eigenvalue weighted by Gasteiger charge is 2.25. The van der Waals surface area contributed by atoms with Crippen molar-refractivity contribution in [2.24, 2.45) is 5.92 Å². The van der Waals surface area contributed by atoms with Crippen molar-refractivity contribution in [3.8, 4) is 0 Å². The molecule has 0 N–H and O–H groups in total. The second-order valence-corrected chi connectivity index (χ2v) is 6.25. The molecular formula is C18H28. The van der Waals surface area contributed by atoms with Gasteiger partial charge in [0.15, 0.2) is 0 Å². The first kappa shape index (κ1) is 13.6. The van der Waals surface area contributed by atoms with Crippen LogP contribution in [0.3, 0.4) is 0 Å². The Morgan fingerprint density at radius 2 is 1.94 bits per heavy atom. The molecule has 0 fully saturated rings. The van der Waals surface area contributed by atoms with Crippen molar-refractivity contribution < 1.29 is 0 Å². The van der Waals surface area contributed by atoms with E-state index in [1.165, 1.54) is 49.7 Å². The van der Waals surface area contributed by atoms with E-state index >= 15 is 0 Å². The molecule has 0 aliphatic heterocycles. The van der Waals surface area contributed by atoms with Crippen LogP contribution in [-0.2, 0) is 6.42 Å². The van der Waals surface area contributed by atoms with E-state index < -0.39 is 0 Å². The summed E-state index contributed by atoms with van der Waals surface area (Å²) in [7, 11) is 0. The minimum Gasteiger partial charge on any atom is -0.0654 e. The van der Waals surface area contributed by atoms with Crippen LogP contribution in [0.15, 0.2) is 12.1 Å². The highest BCUT2D eigenvalue weighted by Crippen LogP contribution is 2.39. The molecule has 1 aliphatic rings. The van der Waals surface area contributed by atoms with Gasteiger partial charge in [-0.15, -0.1) is 0 Å². The van der Waals surface area contributed by atoms with Crippen LogP contribution in [0.5, 0.6) is 0 Å². The highest BCUT2D eigenvalue weighted by atomic mass is 14.3. The average molecular weight is 244 g/mol. The summed E-state index contributed by atoms with van der Waals surface area (Å²) in [6.07, 6.45) is 8.20. The quantitative estimate of drug-likeness (QED) is 0.651. The summed E-state index contributed by atoms with van der Waals surface area (Å²) in [6.45, 7) is 9.28. The molecule has 1 aliphatic carbocycles. The first-order valence-corrected chi connectivity index (χ1v) is 7.73. The number of rotatable bonds is 4. The van der Waals surface area contributed by atoms with E-state index in [2.05, 4.69) is 39.8 Å². The van der Waals surface area contributed by atoms with E-state index in [1.807, 2.05) is 0 Å². The lowest BCUT2D eigenvalue weighted by Gasteiger charge is -2.31. The fourth-order valence-electron chi connectivity index (χ4n) is 3.45. The zero-order valence-corrected chi connectivity index (χ0v) is 12.6. The van der Waals surface area contributed by atoms with Crippen molar-refractivity contribution in [2.75, 3.05) is 0 Å². The number of hydrogen-bond acceptors (Lipinski definition) is 0. The third kappa shape index (κ3) is 2.79. The van der Waals surface area contributed by atoms with Crippen molar-refractivity contribution in [3.05, 3.63) is 34.4 Å². The predicted molar refractivity (Wildman–Crippen MR) is 80.3 cm³/mol. The molecule has 18 heavy (non-hydrogen) atoms. The van der Waals surface area contributed by atoms with Gasteiger partial charge in [-0.1, -0.05) is 45.2 Å². The third-order valence-electron chi connectivity index (χ3n) is 4.82. The monoisotopic (exact) mass is 244 g/mol. The van der Waals surface area contributed by atoms with Crippen LogP contribution in [-0.4, -0.2) is 0 Å². The van der Waals surface area contributed by atoms with Crippen molar-refractivity contribution >= 4 is 0 Å². The molecular weight excluding hydrogens is 216 g/mol. The lowest BCUT2D eigenvalue weighted by molar-refractivity contribution is 0.374. The normalized spacial score (nSPS) is 20.6. The zero-order chi connectivity index (χ0) is 13.1. The van der Waals surface area contributed by atoms with Gasteiger partial charge in [0.25, 0.3) is 0 Å². The maximum Gasteiger partial charge on any atom is -0.0133 e. The van der Waals surface area contributed by atoms with Gasteiger partial charge in [0.05, 0.1) is 0 Å². The first-order chi connectivity index (χ1) is 8.63. The van der Waals surface area contributed by atoms with Crippen LogP contribution in [0.2, 0.25) is 0 Å². The molecule has 0 saturated heterocycles. The third-order valence-corrected chi connectivity index (χ3v) is 4.82. The number of aryl methyl sites for hydroxylation is 3. The van der Waals surface area contributed by atoms with Gasteiger partial charge in [0.2, 0.25) is 0 Å². The van der Waals surface area contributed by atoms with Crippen LogP contribution in [0.1, 0.15) is 74.1 Å². The maximum atomic E-state index is 2.48. The largest absolute Gasteiger partial charge is 0.0654 e. The van der Waals surface area contributed by atoms with Gasteiger partial charge in [0.1, 0.15) is 0 Å². The van der Waals surface area contributed by atoms with Gasteiger partial charge in [-0.2, -0.15) is 0 Å². The van der Waals surface area contributed by atoms with Crippen LogP contribution in [0.25, 0.3) is 0 Å². The lowest BCUT2D eigenvalue weighted by atomic mass is 9.74. The lowest BCUT2D eigenvalue weighted by Crippen LogP contribution is -2.17. The van der Waals surface area contributed by atoms with Gasteiger partial charge >= 0.3 is 0 Å². The van der Waals surface area contributed by atoms with Crippen molar-refractivity contribution in [1.82, 2.24) is 0 Å². The van der Waals surface area contributed by atoms with Crippen LogP contribution >= 0.6 is 0 Å². The Kier molecular flexibility index (Phi) is 4.48. The molecule has 0 saturated carbocycles. The molecule has 1 aromatic rings. The first-order valence-electron chi connectivity index (χ1n) is 7.73. The van der Waals surface area contributed by atoms with Crippen molar-refractivity contribution in [1.29, 1.82) is 0 Å². The molecule has 1 aromatic carbocycles. The van der Waals surface area contributed by atoms with E-state index in [0.29, 0.717) is 0 Å². The molecule has 0 nitrogen and oxygen atoms in total. The van der Waals surface area contributed by atoms with Gasteiger partial charge in [-0.05, 0) is 67.2 Å². The minimum atomic E-state index is 0.819. The van der Waals surface area contributed by atoms with Gasteiger partial charge < -0.3 is 0 Å². The van der Waals surface area contributed by atoms with E-state index in [1.54, 1.807) is 11.1 Å². The average Bonchev–Trinajstić information content (AvgIpc) is 2.36. The Bertz CT molecular complexity index is 403. The molecule has 0 bridgehead atoms. The Hall–Kier alpha value is -0.780. The summed E-state index contributed by atoms with van der Waals surface area (Å²) in [5.41, 5.74) is 6.25. The predicted octanol–water partition coefficient (Wildman–Crippen LogP) is 5.55. The molecule has 0 heteroatoms. The highest BCUT2D eigenvalue weighted by molar-refractivity contribution is 5.40. The Morgan fingerprint density at radius 3 is 2.67 bits per heavy atom. The van der Waals surface area contributed by atoms with E-state index in [4.69, 9.17) is 0 Å². The second kappa shape index (κ2) is 5.91. The standard InChI is InChI=1S/C18H28/c1-5-6-8-13(2)17-10-7-9-16-11-14(3)15(4)12-18(16)17/h11-13,17H,5-10H2,1-4H3. The number of unbranched alkanes of at least 4 members (excludes halogenated alkanes) is 1. The summed E-state index contributed by atoms with van der Waals surface area (Å²) in [5.74, 6) is 1.67. The molecule has 0 heterocycles. The number of hydrogen-bond donors (Lipinski definition) is 0. The number of fused-ring (bicyclic) bond motifs is 1. The van der Waals surface area contributed by atoms with Crippen molar-refractivity contribution in [2.45, 2.75) is 72.1 Å². The summed E-state index contributed by atoms with van der Waals surface area (Å²) >= 11 is 0. The van der Waals surface area contributed by atoms with E-state index in [-0.39, 0.29) is 0 Å². The SMILES string of the molecule is CCCCC(C)C1CCCc2cc(C)c(C)cc21. The molecule has 0 aromatic heterocycles. The maximum absolute atomic E-state index is 2.48. The minimum absolute atomic E-state index is 0.819. The smallest absolute Gasteiger partial charge is 0.0133 e. The fraction of sp³-hybridized carbons (Fsp3) is 0.667. The summed E-state index contributed by atoms with van der Waals surface area (Å²) < 4.78 is 0. The van der Waals surface area contributed by atoms with Gasteiger partial charge in [-0.3, -0.25) is 0 Å².